The number of carbonyl (C=O) groups is 2. The molecular formula is C29H31ClN4O2S. The summed E-state index contributed by atoms with van der Waals surface area (Å²) in [5, 5.41) is 7.22. The number of hydrogen-bond donors (Lipinski definition) is 2. The van der Waals surface area contributed by atoms with E-state index in [-0.39, 0.29) is 11.8 Å². The van der Waals surface area contributed by atoms with E-state index in [1.807, 2.05) is 83.8 Å². The molecule has 2 N–H and O–H groups in total. The van der Waals surface area contributed by atoms with Crippen molar-refractivity contribution in [2.75, 3.05) is 18.9 Å². The summed E-state index contributed by atoms with van der Waals surface area (Å²) < 4.78 is 0. The number of likely N-dealkylation sites (tertiary alicyclic amines) is 1. The molecule has 3 aromatic carbocycles. The fourth-order valence-corrected chi connectivity index (χ4v) is 5.06. The number of halogens is 1. The van der Waals surface area contributed by atoms with Gasteiger partial charge in [-0.15, -0.1) is 0 Å². The number of amides is 2. The van der Waals surface area contributed by atoms with Crippen LogP contribution in [0.1, 0.15) is 24.0 Å². The number of para-hydroxylation sites is 1. The molecule has 0 saturated carbocycles. The first kappa shape index (κ1) is 26.6. The lowest BCUT2D eigenvalue weighted by molar-refractivity contribution is -0.136. The zero-order valence-corrected chi connectivity index (χ0v) is 22.3. The van der Waals surface area contributed by atoms with Gasteiger partial charge in [-0.25, -0.2) is 0 Å². The summed E-state index contributed by atoms with van der Waals surface area (Å²) in [5.41, 5.74) is 2.70. The minimum absolute atomic E-state index is 0.137. The third-order valence-electron chi connectivity index (χ3n) is 6.47. The molecule has 3 aromatic rings. The SMILES string of the molecule is CN(Cc1ccccc1)C(=O)[C@H](Cc1ccccc1)NC(=O)[C@@H]1CCCN1C(=S)Nc1ccccc1Cl. The van der Waals surface area contributed by atoms with E-state index >= 15 is 0 Å². The van der Waals surface area contributed by atoms with E-state index in [4.69, 9.17) is 23.8 Å². The summed E-state index contributed by atoms with van der Waals surface area (Å²) in [6, 6.07) is 25.7. The number of nitrogens with one attached hydrogen (secondary N) is 2. The molecule has 2 atom stereocenters. The molecule has 192 valence electrons. The van der Waals surface area contributed by atoms with E-state index in [0.717, 1.165) is 17.5 Å². The summed E-state index contributed by atoms with van der Waals surface area (Å²) in [6.45, 7) is 1.11. The van der Waals surface area contributed by atoms with Crippen molar-refractivity contribution < 1.29 is 9.59 Å². The average molecular weight is 535 g/mol. The Kier molecular flexibility index (Phi) is 9.14. The van der Waals surface area contributed by atoms with Crippen LogP contribution in [-0.4, -0.2) is 52.4 Å². The Morgan fingerprint density at radius 2 is 1.62 bits per heavy atom. The van der Waals surface area contributed by atoms with Crippen LogP contribution in [-0.2, 0) is 22.6 Å². The second kappa shape index (κ2) is 12.7. The molecule has 2 amide bonds. The minimum atomic E-state index is -0.698. The first-order valence-electron chi connectivity index (χ1n) is 12.4. The Morgan fingerprint density at radius 3 is 2.30 bits per heavy atom. The highest BCUT2D eigenvalue weighted by Crippen LogP contribution is 2.24. The fraction of sp³-hybridized carbons (Fsp3) is 0.276. The van der Waals surface area contributed by atoms with Crippen LogP contribution in [0.25, 0.3) is 0 Å². The molecule has 1 heterocycles. The van der Waals surface area contributed by atoms with E-state index in [9.17, 15) is 9.59 Å². The van der Waals surface area contributed by atoms with Crippen molar-refractivity contribution in [1.29, 1.82) is 0 Å². The topological polar surface area (TPSA) is 64.7 Å². The molecule has 0 spiro atoms. The number of hydrogen-bond acceptors (Lipinski definition) is 3. The van der Waals surface area contributed by atoms with Crippen LogP contribution < -0.4 is 10.6 Å². The summed E-state index contributed by atoms with van der Waals surface area (Å²) in [6.07, 6.45) is 1.88. The van der Waals surface area contributed by atoms with Gasteiger partial charge in [0.2, 0.25) is 11.8 Å². The van der Waals surface area contributed by atoms with Gasteiger partial charge in [0, 0.05) is 26.6 Å². The molecule has 1 aliphatic heterocycles. The predicted octanol–water partition coefficient (Wildman–Crippen LogP) is 4.89. The van der Waals surface area contributed by atoms with Gasteiger partial charge in [-0.3, -0.25) is 9.59 Å². The second-order valence-electron chi connectivity index (χ2n) is 9.19. The molecular weight excluding hydrogens is 504 g/mol. The highest BCUT2D eigenvalue weighted by atomic mass is 35.5. The molecule has 37 heavy (non-hydrogen) atoms. The Hall–Kier alpha value is -3.42. The maximum atomic E-state index is 13.5. The van der Waals surface area contributed by atoms with Gasteiger partial charge < -0.3 is 20.4 Å². The van der Waals surface area contributed by atoms with Crippen LogP contribution in [0.15, 0.2) is 84.9 Å². The number of carbonyl (C=O) groups excluding carboxylic acids is 2. The Labute approximate surface area is 228 Å². The van der Waals surface area contributed by atoms with E-state index in [1.54, 1.807) is 18.0 Å². The lowest BCUT2D eigenvalue weighted by Gasteiger charge is -2.30. The molecule has 8 heteroatoms. The van der Waals surface area contributed by atoms with Crippen molar-refractivity contribution in [3.63, 3.8) is 0 Å². The molecule has 0 bridgehead atoms. The van der Waals surface area contributed by atoms with E-state index in [1.165, 1.54) is 0 Å². The molecule has 4 rings (SSSR count). The van der Waals surface area contributed by atoms with Crippen molar-refractivity contribution >= 4 is 46.4 Å². The van der Waals surface area contributed by atoms with Crippen LogP contribution in [0.4, 0.5) is 5.69 Å². The van der Waals surface area contributed by atoms with Gasteiger partial charge in [0.15, 0.2) is 5.11 Å². The van der Waals surface area contributed by atoms with Crippen molar-refractivity contribution in [3.8, 4) is 0 Å². The number of likely N-dealkylation sites (N-methyl/N-ethyl adjacent to an activating group) is 1. The third-order valence-corrected chi connectivity index (χ3v) is 7.13. The first-order valence-corrected chi connectivity index (χ1v) is 13.2. The standard InChI is InChI=1S/C29H31ClN4O2S/c1-33(20-22-13-6-3-7-14-22)28(36)25(19-21-11-4-2-5-12-21)31-27(35)26-17-10-18-34(26)29(37)32-24-16-9-8-15-23(24)30/h2-9,11-16,25-26H,10,17-20H2,1H3,(H,31,35)(H,32,37)/t25-,26-/m0/s1. The highest BCUT2D eigenvalue weighted by Gasteiger charge is 2.35. The molecule has 0 radical (unpaired) electrons. The number of rotatable bonds is 8. The van der Waals surface area contributed by atoms with Gasteiger partial charge in [-0.05, 0) is 48.3 Å². The summed E-state index contributed by atoms with van der Waals surface area (Å²) in [7, 11) is 1.77. The summed E-state index contributed by atoms with van der Waals surface area (Å²) in [4.78, 5) is 30.6. The highest BCUT2D eigenvalue weighted by molar-refractivity contribution is 7.80. The maximum Gasteiger partial charge on any atom is 0.245 e. The molecule has 0 aliphatic carbocycles. The van der Waals surface area contributed by atoms with Gasteiger partial charge in [0.25, 0.3) is 0 Å². The summed E-state index contributed by atoms with van der Waals surface area (Å²) >= 11 is 11.9. The molecule has 1 saturated heterocycles. The molecule has 6 nitrogen and oxygen atoms in total. The number of anilines is 1. The Bertz CT molecular complexity index is 1220. The van der Waals surface area contributed by atoms with E-state index in [0.29, 0.717) is 41.8 Å². The van der Waals surface area contributed by atoms with Crippen LogP contribution in [0.2, 0.25) is 5.02 Å². The zero-order chi connectivity index (χ0) is 26.2. The smallest absolute Gasteiger partial charge is 0.245 e. The largest absolute Gasteiger partial charge is 0.342 e. The third kappa shape index (κ3) is 7.08. The van der Waals surface area contributed by atoms with Crippen molar-refractivity contribution in [2.24, 2.45) is 0 Å². The first-order chi connectivity index (χ1) is 17.9. The lowest BCUT2D eigenvalue weighted by atomic mass is 10.0. The minimum Gasteiger partial charge on any atom is -0.342 e. The maximum absolute atomic E-state index is 13.5. The monoisotopic (exact) mass is 534 g/mol. The van der Waals surface area contributed by atoms with Gasteiger partial charge in [-0.2, -0.15) is 0 Å². The molecule has 1 aliphatic rings. The van der Waals surface area contributed by atoms with Crippen LogP contribution in [0, 0.1) is 0 Å². The average Bonchev–Trinajstić information content (AvgIpc) is 3.41. The Morgan fingerprint density at radius 1 is 1.00 bits per heavy atom. The van der Waals surface area contributed by atoms with Crippen molar-refractivity contribution in [2.45, 2.75) is 37.9 Å². The van der Waals surface area contributed by atoms with Crippen molar-refractivity contribution in [3.05, 3.63) is 101 Å². The fourth-order valence-electron chi connectivity index (χ4n) is 4.55. The quantitative estimate of drug-likeness (QED) is 0.403. The lowest BCUT2D eigenvalue weighted by Crippen LogP contribution is -2.54. The zero-order valence-electron chi connectivity index (χ0n) is 20.8. The van der Waals surface area contributed by atoms with E-state index < -0.39 is 12.1 Å². The number of thiocarbonyl (C=S) groups is 1. The normalized spacial score (nSPS) is 15.6. The predicted molar refractivity (Wildman–Crippen MR) is 152 cm³/mol. The number of nitrogens with zero attached hydrogens (tertiary/aromatic N) is 2. The summed E-state index contributed by atoms with van der Waals surface area (Å²) in [5.74, 6) is -0.342. The van der Waals surface area contributed by atoms with Crippen LogP contribution in [0.3, 0.4) is 0 Å². The van der Waals surface area contributed by atoms with Crippen LogP contribution >= 0.6 is 23.8 Å². The van der Waals surface area contributed by atoms with Gasteiger partial charge >= 0.3 is 0 Å². The van der Waals surface area contributed by atoms with Crippen LogP contribution in [0.5, 0.6) is 0 Å². The van der Waals surface area contributed by atoms with Crippen molar-refractivity contribution in [1.82, 2.24) is 15.1 Å². The molecule has 1 fully saturated rings. The van der Waals surface area contributed by atoms with E-state index in [2.05, 4.69) is 10.6 Å². The number of benzene rings is 3. The molecule has 0 unspecified atom stereocenters. The van der Waals surface area contributed by atoms with Gasteiger partial charge in [0.05, 0.1) is 10.7 Å². The van der Waals surface area contributed by atoms with Gasteiger partial charge in [-0.1, -0.05) is 84.4 Å². The second-order valence-corrected chi connectivity index (χ2v) is 9.99. The Balaban J connectivity index is 1.47. The van der Waals surface area contributed by atoms with Gasteiger partial charge in [0.1, 0.15) is 12.1 Å². The molecule has 0 aromatic heterocycles.